The van der Waals surface area contributed by atoms with Crippen LogP contribution >= 0.6 is 0 Å². The van der Waals surface area contributed by atoms with Crippen molar-refractivity contribution in [3.63, 3.8) is 0 Å². The monoisotopic (exact) mass is 389 g/mol. The predicted molar refractivity (Wildman–Crippen MR) is 101 cm³/mol. The van der Waals surface area contributed by atoms with Gasteiger partial charge in [0.2, 0.25) is 0 Å². The third kappa shape index (κ3) is 7.70. The number of unbranched alkanes of at least 4 members (excludes halogenated alkanes) is 3. The average Bonchev–Trinajstić information content (AvgIpc) is 2.56. The first-order chi connectivity index (χ1) is 11.9. The summed E-state index contributed by atoms with van der Waals surface area (Å²) in [7, 11) is -4.55. The molecule has 2 N–H and O–H groups in total. The Balaban J connectivity index is 4.90. The molecule has 0 saturated heterocycles. The maximum Gasteiger partial charge on any atom is 0.338 e. The van der Waals surface area contributed by atoms with E-state index in [1.165, 1.54) is 0 Å². The lowest BCUT2D eigenvalue weighted by Crippen LogP contribution is -2.50. The van der Waals surface area contributed by atoms with E-state index in [9.17, 15) is 22.6 Å². The first-order valence-electron chi connectivity index (χ1n) is 8.70. The summed E-state index contributed by atoms with van der Waals surface area (Å²) in [4.78, 5) is 24.2. The molecule has 0 rings (SSSR count). The van der Waals surface area contributed by atoms with Crippen LogP contribution in [0.2, 0.25) is 0 Å². The van der Waals surface area contributed by atoms with Gasteiger partial charge in [0, 0.05) is 11.0 Å². The Kier molecular flexibility index (Phi) is 9.80. The number of carbonyl (C=O) groups excluding carboxylic acids is 2. The van der Waals surface area contributed by atoms with E-state index in [2.05, 4.69) is 25.4 Å². The molecule has 26 heavy (non-hydrogen) atoms. The summed E-state index contributed by atoms with van der Waals surface area (Å²) >= 11 is 0. The van der Waals surface area contributed by atoms with E-state index < -0.39 is 32.8 Å². The molecule has 7 nitrogen and oxygen atoms in total. The minimum Gasteiger partial charge on any atom is -0.462 e. The Morgan fingerprint density at radius 2 is 1.69 bits per heavy atom. The standard InChI is InChI=1S/C18H31NO6S/c1-7-9-10-11-12-25-16(21)14(4)13(3)15(20)19-17(26(22,23)24)18(5,6)8-2/h17H,3-4,7-12H2,1-2,5-6H3,(H,19,20)(H,22,23,24). The van der Waals surface area contributed by atoms with Gasteiger partial charge in [-0.2, -0.15) is 8.42 Å². The van der Waals surface area contributed by atoms with Crippen molar-refractivity contribution in [2.24, 2.45) is 5.41 Å². The summed E-state index contributed by atoms with van der Waals surface area (Å²) < 4.78 is 37.7. The molecular weight excluding hydrogens is 358 g/mol. The van der Waals surface area contributed by atoms with Gasteiger partial charge in [0.15, 0.2) is 5.37 Å². The molecule has 1 amide bonds. The van der Waals surface area contributed by atoms with E-state index in [1.807, 2.05) is 0 Å². The molecule has 0 aromatic carbocycles. The van der Waals surface area contributed by atoms with Gasteiger partial charge in [0.25, 0.3) is 16.0 Å². The highest BCUT2D eigenvalue weighted by molar-refractivity contribution is 7.86. The summed E-state index contributed by atoms with van der Waals surface area (Å²) in [6.07, 6.45) is 4.12. The fourth-order valence-electron chi connectivity index (χ4n) is 2.11. The highest BCUT2D eigenvalue weighted by Crippen LogP contribution is 2.28. The smallest absolute Gasteiger partial charge is 0.338 e. The summed E-state index contributed by atoms with van der Waals surface area (Å²) in [5, 5.41) is 0.683. The zero-order chi connectivity index (χ0) is 20.5. The van der Waals surface area contributed by atoms with Gasteiger partial charge in [-0.3, -0.25) is 9.35 Å². The van der Waals surface area contributed by atoms with E-state index in [-0.39, 0.29) is 17.8 Å². The fraction of sp³-hybridized carbons (Fsp3) is 0.667. The molecule has 0 bridgehead atoms. The third-order valence-electron chi connectivity index (χ3n) is 4.30. The van der Waals surface area contributed by atoms with Crippen LogP contribution in [0.25, 0.3) is 0 Å². The Bertz CT molecular complexity index is 636. The molecule has 0 aromatic rings. The number of hydrogen-bond donors (Lipinski definition) is 2. The van der Waals surface area contributed by atoms with Crippen molar-refractivity contribution in [1.82, 2.24) is 5.32 Å². The van der Waals surface area contributed by atoms with Crippen LogP contribution in [0, 0.1) is 5.41 Å². The number of ether oxygens (including phenoxy) is 1. The van der Waals surface area contributed by atoms with Crippen molar-refractivity contribution in [3.05, 3.63) is 24.3 Å². The van der Waals surface area contributed by atoms with Gasteiger partial charge in [-0.25, -0.2) is 4.79 Å². The van der Waals surface area contributed by atoms with Gasteiger partial charge < -0.3 is 10.1 Å². The van der Waals surface area contributed by atoms with Gasteiger partial charge in [0.05, 0.1) is 12.2 Å². The largest absolute Gasteiger partial charge is 0.462 e. The molecule has 1 unspecified atom stereocenters. The SMILES string of the molecule is C=C(C(=C)C(=O)OCCCCCC)C(=O)NC(C(C)(C)CC)S(=O)(=O)O. The van der Waals surface area contributed by atoms with Gasteiger partial charge in [-0.05, 0) is 12.8 Å². The molecule has 0 aromatic heterocycles. The van der Waals surface area contributed by atoms with Crippen molar-refractivity contribution < 1.29 is 27.3 Å². The summed E-state index contributed by atoms with van der Waals surface area (Å²) in [6, 6.07) is 0. The Morgan fingerprint density at radius 1 is 1.12 bits per heavy atom. The lowest BCUT2D eigenvalue weighted by atomic mass is 9.89. The Labute approximate surface area is 156 Å². The van der Waals surface area contributed by atoms with E-state index >= 15 is 0 Å². The number of esters is 1. The number of nitrogens with one attached hydrogen (secondary N) is 1. The summed E-state index contributed by atoms with van der Waals surface area (Å²) in [5.41, 5.74) is -1.48. The summed E-state index contributed by atoms with van der Waals surface area (Å²) in [6.45, 7) is 14.2. The third-order valence-corrected chi connectivity index (χ3v) is 5.65. The van der Waals surface area contributed by atoms with E-state index in [0.717, 1.165) is 19.3 Å². The first kappa shape index (κ1) is 24.3. The molecule has 0 aliphatic rings. The number of rotatable bonds is 12. The minimum atomic E-state index is -4.55. The molecule has 1 atom stereocenters. The van der Waals surface area contributed by atoms with Crippen LogP contribution in [-0.4, -0.2) is 36.8 Å². The van der Waals surface area contributed by atoms with Crippen LogP contribution < -0.4 is 5.32 Å². The van der Waals surface area contributed by atoms with Crippen molar-refractivity contribution >= 4 is 22.0 Å². The quantitative estimate of drug-likeness (QED) is 0.175. The molecular formula is C18H31NO6S. The maximum atomic E-state index is 12.3. The number of carbonyl (C=O) groups is 2. The second kappa shape index (κ2) is 10.5. The van der Waals surface area contributed by atoms with Crippen LogP contribution in [0.1, 0.15) is 59.8 Å². The van der Waals surface area contributed by atoms with Gasteiger partial charge in [0.1, 0.15) is 0 Å². The van der Waals surface area contributed by atoms with Crippen LogP contribution in [-0.2, 0) is 24.4 Å². The topological polar surface area (TPSA) is 110 Å². The molecule has 0 fully saturated rings. The zero-order valence-electron chi connectivity index (χ0n) is 16.1. The first-order valence-corrected chi connectivity index (χ1v) is 10.2. The number of hydrogen-bond acceptors (Lipinski definition) is 5. The van der Waals surface area contributed by atoms with E-state index in [1.54, 1.807) is 20.8 Å². The molecule has 150 valence electrons. The Hall–Kier alpha value is -1.67. The van der Waals surface area contributed by atoms with Crippen molar-refractivity contribution in [3.8, 4) is 0 Å². The zero-order valence-corrected chi connectivity index (χ0v) is 16.9. The molecule has 0 spiro atoms. The predicted octanol–water partition coefficient (Wildman–Crippen LogP) is 2.99. The van der Waals surface area contributed by atoms with Crippen LogP contribution in [0.15, 0.2) is 24.3 Å². The normalized spacial score (nSPS) is 13.0. The average molecular weight is 390 g/mol. The van der Waals surface area contributed by atoms with E-state index in [0.29, 0.717) is 12.8 Å². The Morgan fingerprint density at radius 3 is 2.15 bits per heavy atom. The lowest BCUT2D eigenvalue weighted by Gasteiger charge is -2.31. The molecule has 0 radical (unpaired) electrons. The summed E-state index contributed by atoms with van der Waals surface area (Å²) in [5.74, 6) is -1.68. The van der Waals surface area contributed by atoms with Crippen molar-refractivity contribution in [2.45, 2.75) is 65.2 Å². The van der Waals surface area contributed by atoms with Gasteiger partial charge >= 0.3 is 5.97 Å². The highest BCUT2D eigenvalue weighted by Gasteiger charge is 2.39. The van der Waals surface area contributed by atoms with Crippen LogP contribution in [0.3, 0.4) is 0 Å². The minimum absolute atomic E-state index is 0.212. The van der Waals surface area contributed by atoms with Crippen LogP contribution in [0.5, 0.6) is 0 Å². The number of amides is 1. The molecule has 0 aliphatic heterocycles. The van der Waals surface area contributed by atoms with Crippen molar-refractivity contribution in [1.29, 1.82) is 0 Å². The second-order valence-electron chi connectivity index (χ2n) is 6.86. The van der Waals surface area contributed by atoms with Crippen molar-refractivity contribution in [2.75, 3.05) is 6.61 Å². The fourth-order valence-corrected chi connectivity index (χ4v) is 3.33. The lowest BCUT2D eigenvalue weighted by molar-refractivity contribution is -0.139. The maximum absolute atomic E-state index is 12.3. The van der Waals surface area contributed by atoms with Crippen LogP contribution in [0.4, 0.5) is 0 Å². The molecule has 0 heterocycles. The van der Waals surface area contributed by atoms with E-state index in [4.69, 9.17) is 4.74 Å². The van der Waals surface area contributed by atoms with Gasteiger partial charge in [-0.1, -0.05) is 60.1 Å². The molecule has 8 heteroatoms. The van der Waals surface area contributed by atoms with Gasteiger partial charge in [-0.15, -0.1) is 0 Å². The highest BCUT2D eigenvalue weighted by atomic mass is 32.2. The molecule has 0 saturated carbocycles. The second-order valence-corrected chi connectivity index (χ2v) is 8.37. The molecule has 0 aliphatic carbocycles.